The van der Waals surface area contributed by atoms with Crippen molar-refractivity contribution in [3.63, 3.8) is 0 Å². The summed E-state index contributed by atoms with van der Waals surface area (Å²) < 4.78 is 28.7. The van der Waals surface area contributed by atoms with Crippen LogP contribution in [-0.2, 0) is 23.1 Å². The molecule has 1 unspecified atom stereocenters. The van der Waals surface area contributed by atoms with Crippen LogP contribution in [0.3, 0.4) is 0 Å². The number of esters is 1. The zero-order valence-electron chi connectivity index (χ0n) is 14.7. The number of hydrogen-bond donors (Lipinski definition) is 0. The van der Waals surface area contributed by atoms with Crippen molar-refractivity contribution < 1.29 is 23.1 Å². The van der Waals surface area contributed by atoms with E-state index in [1.807, 2.05) is 42.5 Å². The van der Waals surface area contributed by atoms with Gasteiger partial charge in [-0.15, -0.1) is 0 Å². The average Bonchev–Trinajstić information content (AvgIpc) is 2.63. The summed E-state index contributed by atoms with van der Waals surface area (Å²) in [5.74, 6) is -0.641. The van der Waals surface area contributed by atoms with Gasteiger partial charge < -0.3 is 13.8 Å². The van der Waals surface area contributed by atoms with Crippen LogP contribution in [0.5, 0.6) is 0 Å². The van der Waals surface area contributed by atoms with Crippen LogP contribution in [-0.4, -0.2) is 26.3 Å². The summed E-state index contributed by atoms with van der Waals surface area (Å²) >= 11 is 0. The molecule has 0 saturated carbocycles. The van der Waals surface area contributed by atoms with Gasteiger partial charge in [-0.25, -0.2) is 0 Å². The number of rotatable bonds is 8. The normalized spacial score (nSPS) is 12.6. The molecule has 0 aliphatic rings. The van der Waals surface area contributed by atoms with Gasteiger partial charge in [-0.05, 0) is 30.5 Å². The lowest BCUT2D eigenvalue weighted by Gasteiger charge is -2.24. The Morgan fingerprint density at radius 3 is 1.92 bits per heavy atom. The number of benzene rings is 2. The predicted octanol–water partition coefficient (Wildman–Crippen LogP) is 4.83. The van der Waals surface area contributed by atoms with Crippen LogP contribution >= 0.6 is 7.60 Å². The molecule has 0 radical (unpaired) electrons. The third-order valence-electron chi connectivity index (χ3n) is 3.69. The molecule has 6 heteroatoms. The van der Waals surface area contributed by atoms with Crippen LogP contribution in [0, 0.1) is 0 Å². The second kappa shape index (κ2) is 8.95. The lowest BCUT2D eigenvalue weighted by molar-refractivity contribution is -0.140. The average molecular weight is 362 g/mol. The van der Waals surface area contributed by atoms with Crippen molar-refractivity contribution in [1.82, 2.24) is 0 Å². The van der Waals surface area contributed by atoms with Crippen LogP contribution < -0.4 is 0 Å². The molecule has 0 spiro atoms. The summed E-state index contributed by atoms with van der Waals surface area (Å²) in [5, 5.41) is 0. The Hall–Kier alpha value is -1.94. The van der Waals surface area contributed by atoms with Crippen LogP contribution in [0.25, 0.3) is 11.1 Å². The molecule has 0 aliphatic carbocycles. The molecule has 0 amide bonds. The van der Waals surface area contributed by atoms with E-state index in [4.69, 9.17) is 13.8 Å². The zero-order valence-corrected chi connectivity index (χ0v) is 15.6. The van der Waals surface area contributed by atoms with E-state index in [2.05, 4.69) is 0 Å². The highest BCUT2D eigenvalue weighted by molar-refractivity contribution is 7.55. The van der Waals surface area contributed by atoms with E-state index in [0.717, 1.165) is 11.1 Å². The first-order chi connectivity index (χ1) is 12.1. The quantitative estimate of drug-likeness (QED) is 0.497. The molecule has 5 nitrogen and oxygen atoms in total. The van der Waals surface area contributed by atoms with Crippen molar-refractivity contribution in [2.75, 3.05) is 20.3 Å². The minimum Gasteiger partial charge on any atom is -0.468 e. The zero-order chi connectivity index (χ0) is 18.3. The third kappa shape index (κ3) is 4.57. The molecule has 0 saturated heterocycles. The van der Waals surface area contributed by atoms with E-state index in [9.17, 15) is 9.36 Å². The lowest BCUT2D eigenvalue weighted by atomic mass is 10.0. The van der Waals surface area contributed by atoms with Gasteiger partial charge in [0.2, 0.25) is 0 Å². The number of ether oxygens (including phenoxy) is 1. The first-order valence-corrected chi connectivity index (χ1v) is 9.79. The van der Waals surface area contributed by atoms with Crippen LogP contribution in [0.2, 0.25) is 0 Å². The molecule has 0 bridgehead atoms. The van der Waals surface area contributed by atoms with Crippen LogP contribution in [0.1, 0.15) is 25.1 Å². The second-order valence-corrected chi connectivity index (χ2v) is 7.40. The van der Waals surface area contributed by atoms with Crippen molar-refractivity contribution in [3.05, 3.63) is 60.2 Å². The van der Waals surface area contributed by atoms with E-state index < -0.39 is 19.2 Å². The Morgan fingerprint density at radius 2 is 1.44 bits per heavy atom. The largest absolute Gasteiger partial charge is 0.468 e. The summed E-state index contributed by atoms with van der Waals surface area (Å²) in [6.07, 6.45) is 0. The maximum Gasteiger partial charge on any atom is 0.349 e. The first-order valence-electron chi connectivity index (χ1n) is 8.17. The van der Waals surface area contributed by atoms with Gasteiger partial charge in [0, 0.05) is 0 Å². The maximum atomic E-state index is 13.1. The van der Waals surface area contributed by atoms with E-state index in [0.29, 0.717) is 5.56 Å². The van der Waals surface area contributed by atoms with E-state index in [1.165, 1.54) is 7.11 Å². The van der Waals surface area contributed by atoms with Gasteiger partial charge in [-0.3, -0.25) is 9.36 Å². The van der Waals surface area contributed by atoms with Gasteiger partial charge in [0.1, 0.15) is 0 Å². The van der Waals surface area contributed by atoms with Crippen molar-refractivity contribution in [2.45, 2.75) is 19.5 Å². The van der Waals surface area contributed by atoms with Crippen LogP contribution in [0.4, 0.5) is 0 Å². The Labute approximate surface area is 148 Å². The Morgan fingerprint density at radius 1 is 0.920 bits per heavy atom. The van der Waals surface area contributed by atoms with Gasteiger partial charge >= 0.3 is 13.6 Å². The fraction of sp³-hybridized carbons (Fsp3) is 0.316. The molecule has 2 rings (SSSR count). The predicted molar refractivity (Wildman–Crippen MR) is 97.5 cm³/mol. The molecule has 134 valence electrons. The smallest absolute Gasteiger partial charge is 0.349 e. The number of methoxy groups -OCH3 is 1. The highest BCUT2D eigenvalue weighted by Gasteiger charge is 2.43. The maximum absolute atomic E-state index is 13.1. The highest BCUT2D eigenvalue weighted by atomic mass is 31.2. The summed E-state index contributed by atoms with van der Waals surface area (Å²) in [6, 6.07) is 17.1. The standard InChI is InChI=1S/C19H23O5P/c1-4-23-25(21,24-5-2)18(19(20)22-3)17-13-11-16(12-14-17)15-9-7-6-8-10-15/h6-14,18H,4-5H2,1-3H3. The Bertz CT molecular complexity index is 717. The fourth-order valence-corrected chi connectivity index (χ4v) is 4.59. The van der Waals surface area contributed by atoms with Gasteiger partial charge in [0.15, 0.2) is 5.66 Å². The molecule has 25 heavy (non-hydrogen) atoms. The molecule has 2 aromatic rings. The van der Waals surface area contributed by atoms with Crippen molar-refractivity contribution in [2.24, 2.45) is 0 Å². The lowest BCUT2D eigenvalue weighted by Crippen LogP contribution is -2.17. The molecular formula is C19H23O5P. The van der Waals surface area contributed by atoms with E-state index in [-0.39, 0.29) is 13.2 Å². The topological polar surface area (TPSA) is 61.8 Å². The van der Waals surface area contributed by atoms with Gasteiger partial charge in [0.05, 0.1) is 20.3 Å². The minimum absolute atomic E-state index is 0.173. The summed E-state index contributed by atoms with van der Waals surface area (Å²) in [7, 11) is -2.43. The first kappa shape index (κ1) is 19.4. The Kier molecular flexibility index (Phi) is 6.94. The second-order valence-electron chi connectivity index (χ2n) is 5.29. The molecule has 0 aliphatic heterocycles. The number of hydrogen-bond acceptors (Lipinski definition) is 5. The highest BCUT2D eigenvalue weighted by Crippen LogP contribution is 2.61. The molecular weight excluding hydrogens is 339 g/mol. The number of carbonyl (C=O) groups is 1. The van der Waals surface area contributed by atoms with Crippen molar-refractivity contribution >= 4 is 13.6 Å². The minimum atomic E-state index is -3.69. The molecule has 0 N–H and O–H groups in total. The van der Waals surface area contributed by atoms with Crippen molar-refractivity contribution in [1.29, 1.82) is 0 Å². The molecule has 0 fully saturated rings. The van der Waals surface area contributed by atoms with E-state index >= 15 is 0 Å². The van der Waals surface area contributed by atoms with Crippen LogP contribution in [0.15, 0.2) is 54.6 Å². The molecule has 1 atom stereocenters. The molecule has 2 aromatic carbocycles. The SMILES string of the molecule is CCOP(=O)(OCC)C(C(=O)OC)c1ccc(-c2ccccc2)cc1. The van der Waals surface area contributed by atoms with E-state index in [1.54, 1.807) is 26.0 Å². The fourth-order valence-electron chi connectivity index (χ4n) is 2.59. The Balaban J connectivity index is 2.41. The summed E-state index contributed by atoms with van der Waals surface area (Å²) in [6.45, 7) is 3.76. The third-order valence-corrected chi connectivity index (χ3v) is 6.07. The van der Waals surface area contributed by atoms with Gasteiger partial charge in [-0.1, -0.05) is 54.6 Å². The summed E-state index contributed by atoms with van der Waals surface area (Å²) in [5.41, 5.74) is 1.48. The molecule has 0 heterocycles. The summed E-state index contributed by atoms with van der Waals surface area (Å²) in [4.78, 5) is 12.3. The monoisotopic (exact) mass is 362 g/mol. The number of carbonyl (C=O) groups excluding carboxylic acids is 1. The van der Waals surface area contributed by atoms with Crippen molar-refractivity contribution in [3.8, 4) is 11.1 Å². The van der Waals surface area contributed by atoms with Gasteiger partial charge in [0.25, 0.3) is 0 Å². The molecule has 0 aromatic heterocycles. The van der Waals surface area contributed by atoms with Gasteiger partial charge in [-0.2, -0.15) is 0 Å².